The minimum absolute atomic E-state index is 0.0195. The Morgan fingerprint density at radius 1 is 0.758 bits per heavy atom. The van der Waals surface area contributed by atoms with E-state index in [0.717, 1.165) is 44.1 Å². The zero-order chi connectivity index (χ0) is 22.7. The molecule has 2 aromatic heterocycles. The fourth-order valence-electron chi connectivity index (χ4n) is 6.53. The molecule has 170 valence electrons. The van der Waals surface area contributed by atoms with Crippen LogP contribution in [0.1, 0.15) is 84.0 Å². The third kappa shape index (κ3) is 4.19. The fraction of sp³-hybridized carbons (Fsp3) is 0.414. The predicted octanol–water partition coefficient (Wildman–Crippen LogP) is 5.68. The molecule has 0 radical (unpaired) electrons. The second kappa shape index (κ2) is 9.09. The van der Waals surface area contributed by atoms with Gasteiger partial charge in [0.2, 0.25) is 5.91 Å². The Morgan fingerprint density at radius 2 is 1.30 bits per heavy atom. The van der Waals surface area contributed by atoms with Crippen molar-refractivity contribution in [1.82, 2.24) is 9.97 Å². The van der Waals surface area contributed by atoms with Gasteiger partial charge < -0.3 is 5.73 Å². The lowest BCUT2D eigenvalue weighted by Crippen LogP contribution is -2.30. The number of rotatable bonds is 7. The van der Waals surface area contributed by atoms with E-state index in [1.165, 1.54) is 42.4 Å². The molecule has 0 aliphatic heterocycles. The first kappa shape index (κ1) is 21.8. The summed E-state index contributed by atoms with van der Waals surface area (Å²) in [6, 6.07) is 14.7. The maximum atomic E-state index is 12.6. The Balaban J connectivity index is 1.59. The molecule has 1 amide bonds. The van der Waals surface area contributed by atoms with Gasteiger partial charge in [-0.15, -0.1) is 0 Å². The van der Waals surface area contributed by atoms with Gasteiger partial charge in [0.05, 0.1) is 0 Å². The van der Waals surface area contributed by atoms with Crippen LogP contribution in [0, 0.1) is 0 Å². The van der Waals surface area contributed by atoms with Crippen LogP contribution in [-0.4, -0.2) is 15.9 Å². The predicted molar refractivity (Wildman–Crippen MR) is 131 cm³/mol. The Hall–Kier alpha value is -3.01. The minimum Gasteiger partial charge on any atom is -0.366 e. The quantitative estimate of drug-likeness (QED) is 0.514. The number of carbonyl (C=O) groups is 1. The molecule has 4 heteroatoms. The zero-order valence-corrected chi connectivity index (χ0v) is 19.3. The van der Waals surface area contributed by atoms with Crippen molar-refractivity contribution in [1.29, 1.82) is 0 Å². The Kier molecular flexibility index (Phi) is 6.01. The molecule has 0 bridgehead atoms. The average Bonchev–Trinajstić information content (AvgIpc) is 3.52. The van der Waals surface area contributed by atoms with E-state index in [4.69, 9.17) is 5.73 Å². The summed E-state index contributed by atoms with van der Waals surface area (Å²) >= 11 is 0. The topological polar surface area (TPSA) is 68.9 Å². The molecule has 4 nitrogen and oxygen atoms in total. The number of nitrogens with zero attached hydrogens (tertiary/aromatic N) is 2. The van der Waals surface area contributed by atoms with E-state index in [9.17, 15) is 4.79 Å². The number of amides is 1. The maximum absolute atomic E-state index is 12.6. The summed E-state index contributed by atoms with van der Waals surface area (Å²) in [5.74, 6) is -0.326. The molecule has 0 atom stereocenters. The number of aromatic nitrogens is 2. The number of hydrogen-bond donors (Lipinski definition) is 1. The second-order valence-corrected chi connectivity index (χ2v) is 10.1. The molecule has 0 unspecified atom stereocenters. The van der Waals surface area contributed by atoms with Gasteiger partial charge in [-0.2, -0.15) is 0 Å². The monoisotopic (exact) mass is 439 g/mol. The van der Waals surface area contributed by atoms with Gasteiger partial charge in [-0.05, 0) is 79.0 Å². The van der Waals surface area contributed by atoms with Crippen molar-refractivity contribution >= 4 is 5.91 Å². The summed E-state index contributed by atoms with van der Waals surface area (Å²) in [6.45, 7) is 0. The molecular weight excluding hydrogens is 406 g/mol. The number of nitrogens with two attached hydrogens (primary N) is 1. The van der Waals surface area contributed by atoms with Crippen LogP contribution in [0.2, 0.25) is 0 Å². The van der Waals surface area contributed by atoms with Crippen molar-refractivity contribution in [2.75, 3.05) is 0 Å². The molecule has 5 rings (SSSR count). The zero-order valence-electron chi connectivity index (χ0n) is 19.3. The van der Waals surface area contributed by atoms with Crippen molar-refractivity contribution < 1.29 is 4.79 Å². The van der Waals surface area contributed by atoms with Crippen LogP contribution in [-0.2, 0) is 23.7 Å². The lowest BCUT2D eigenvalue weighted by molar-refractivity contribution is 0.0999. The summed E-state index contributed by atoms with van der Waals surface area (Å²) in [4.78, 5) is 21.4. The second-order valence-electron chi connectivity index (χ2n) is 10.1. The van der Waals surface area contributed by atoms with Gasteiger partial charge in [-0.3, -0.25) is 14.8 Å². The van der Waals surface area contributed by atoms with Gasteiger partial charge >= 0.3 is 0 Å². The van der Waals surface area contributed by atoms with Crippen LogP contribution in [0.15, 0.2) is 67.3 Å². The van der Waals surface area contributed by atoms with Crippen molar-refractivity contribution in [3.05, 3.63) is 95.1 Å². The third-order valence-corrected chi connectivity index (χ3v) is 8.25. The average molecular weight is 440 g/mol. The number of pyridine rings is 2. The summed E-state index contributed by atoms with van der Waals surface area (Å²) < 4.78 is 0. The van der Waals surface area contributed by atoms with Gasteiger partial charge in [0.15, 0.2) is 0 Å². The fourth-order valence-corrected chi connectivity index (χ4v) is 6.53. The molecule has 0 saturated heterocycles. The van der Waals surface area contributed by atoms with Crippen LogP contribution >= 0.6 is 0 Å². The van der Waals surface area contributed by atoms with E-state index in [0.29, 0.717) is 5.56 Å². The minimum atomic E-state index is -0.326. The highest BCUT2D eigenvalue weighted by Gasteiger charge is 2.40. The smallest absolute Gasteiger partial charge is 0.248 e. The number of benzene rings is 1. The van der Waals surface area contributed by atoms with E-state index >= 15 is 0 Å². The molecule has 0 spiro atoms. The SMILES string of the molecule is NC(=O)c1cccc(CC2(c3cccnc3)CCCC2)c1CC1(c2cccnc2)CCCC1. The van der Waals surface area contributed by atoms with E-state index < -0.39 is 0 Å². The van der Waals surface area contributed by atoms with Gasteiger partial charge in [-0.1, -0.05) is 49.9 Å². The Morgan fingerprint density at radius 3 is 1.79 bits per heavy atom. The van der Waals surface area contributed by atoms with Gasteiger partial charge in [-0.25, -0.2) is 0 Å². The summed E-state index contributed by atoms with van der Waals surface area (Å²) in [6.07, 6.45) is 19.0. The molecule has 2 aliphatic carbocycles. The van der Waals surface area contributed by atoms with Gasteiger partial charge in [0.1, 0.15) is 0 Å². The van der Waals surface area contributed by atoms with Gasteiger partial charge in [0.25, 0.3) is 0 Å². The van der Waals surface area contributed by atoms with E-state index in [2.05, 4.69) is 28.2 Å². The molecule has 33 heavy (non-hydrogen) atoms. The van der Waals surface area contributed by atoms with Crippen molar-refractivity contribution in [2.24, 2.45) is 5.73 Å². The third-order valence-electron chi connectivity index (χ3n) is 8.25. The summed E-state index contributed by atoms with van der Waals surface area (Å²) in [7, 11) is 0. The van der Waals surface area contributed by atoms with E-state index in [-0.39, 0.29) is 16.7 Å². The van der Waals surface area contributed by atoms with Crippen molar-refractivity contribution in [3.63, 3.8) is 0 Å². The van der Waals surface area contributed by atoms with Crippen LogP contribution in [0.25, 0.3) is 0 Å². The summed E-state index contributed by atoms with van der Waals surface area (Å²) in [5, 5.41) is 0. The molecule has 2 N–H and O–H groups in total. The Labute approximate surface area is 196 Å². The highest BCUT2D eigenvalue weighted by atomic mass is 16.1. The number of hydrogen-bond acceptors (Lipinski definition) is 3. The first-order valence-corrected chi connectivity index (χ1v) is 12.3. The highest BCUT2D eigenvalue weighted by Crippen LogP contribution is 2.47. The molecule has 2 aliphatic rings. The molecule has 2 heterocycles. The lowest BCUT2D eigenvalue weighted by Gasteiger charge is -2.34. The molecule has 3 aromatic rings. The van der Waals surface area contributed by atoms with E-state index in [1.807, 2.05) is 49.1 Å². The molecule has 2 fully saturated rings. The number of primary amides is 1. The van der Waals surface area contributed by atoms with Crippen LogP contribution in [0.4, 0.5) is 0 Å². The van der Waals surface area contributed by atoms with Crippen LogP contribution < -0.4 is 5.73 Å². The van der Waals surface area contributed by atoms with Crippen molar-refractivity contribution in [3.8, 4) is 0 Å². The molecule has 2 saturated carbocycles. The molecule has 1 aromatic carbocycles. The highest BCUT2D eigenvalue weighted by molar-refractivity contribution is 5.94. The largest absolute Gasteiger partial charge is 0.366 e. The van der Waals surface area contributed by atoms with Gasteiger partial charge in [0, 0.05) is 41.2 Å². The van der Waals surface area contributed by atoms with E-state index in [1.54, 1.807) is 0 Å². The van der Waals surface area contributed by atoms with Crippen molar-refractivity contribution in [2.45, 2.75) is 75.0 Å². The standard InChI is InChI=1S/C29H33N3O/c30-27(33)25-11-5-8-22(18-28(12-1-2-13-28)23-9-6-16-31-20-23)26(25)19-29(14-3-4-15-29)24-10-7-17-32-21-24/h5-11,16-17,20-21H,1-4,12-15,18-19H2,(H2,30,33). The Bertz CT molecular complexity index is 1100. The van der Waals surface area contributed by atoms with Crippen LogP contribution in [0.3, 0.4) is 0 Å². The lowest BCUT2D eigenvalue weighted by atomic mass is 9.70. The van der Waals surface area contributed by atoms with Crippen LogP contribution in [0.5, 0.6) is 0 Å². The first-order chi connectivity index (χ1) is 16.1. The molecular formula is C29H33N3O. The first-order valence-electron chi connectivity index (χ1n) is 12.3. The summed E-state index contributed by atoms with van der Waals surface area (Å²) in [5.41, 5.74) is 11.7. The maximum Gasteiger partial charge on any atom is 0.248 e. The normalized spacial score (nSPS) is 18.9. The number of carbonyl (C=O) groups excluding carboxylic acids is 1.